The van der Waals surface area contributed by atoms with Crippen LogP contribution in [0.3, 0.4) is 0 Å². The second kappa shape index (κ2) is 5.36. The number of hydrogen-bond acceptors (Lipinski definition) is 5. The van der Waals surface area contributed by atoms with Gasteiger partial charge in [0.1, 0.15) is 0 Å². The van der Waals surface area contributed by atoms with Crippen molar-refractivity contribution in [1.82, 2.24) is 25.2 Å². The molecule has 6 heteroatoms. The summed E-state index contributed by atoms with van der Waals surface area (Å²) in [5, 5.41) is 13.7. The summed E-state index contributed by atoms with van der Waals surface area (Å²) < 4.78 is 1.79. The van der Waals surface area contributed by atoms with E-state index in [9.17, 15) is 0 Å². The molecule has 0 bridgehead atoms. The number of hydrogen-bond donors (Lipinski definition) is 0. The Morgan fingerprint density at radius 1 is 1.21 bits per heavy atom. The van der Waals surface area contributed by atoms with Crippen LogP contribution in [0.1, 0.15) is 12.5 Å². The lowest BCUT2D eigenvalue weighted by Crippen LogP contribution is -1.99. The summed E-state index contributed by atoms with van der Waals surface area (Å²) in [6.45, 7) is 2.81. The quantitative estimate of drug-likeness (QED) is 0.682. The van der Waals surface area contributed by atoms with Crippen LogP contribution in [0.5, 0.6) is 0 Å². The van der Waals surface area contributed by atoms with E-state index in [4.69, 9.17) is 0 Å². The molecule has 0 atom stereocenters. The van der Waals surface area contributed by atoms with Gasteiger partial charge in [-0.1, -0.05) is 36.0 Å². The first-order valence-electron chi connectivity index (χ1n) is 6.10. The largest absolute Gasteiger partial charge is 0.256 e. The van der Waals surface area contributed by atoms with E-state index < -0.39 is 0 Å². The van der Waals surface area contributed by atoms with Crippen LogP contribution in [0.15, 0.2) is 41.7 Å². The highest BCUT2D eigenvalue weighted by Crippen LogP contribution is 2.24. The summed E-state index contributed by atoms with van der Waals surface area (Å²) in [4.78, 5) is 4.45. The molecule has 1 aromatic carbocycles. The van der Waals surface area contributed by atoms with Crippen molar-refractivity contribution in [3.63, 3.8) is 0 Å². The predicted octanol–water partition coefficient (Wildman–Crippen LogP) is 2.53. The Bertz CT molecular complexity index is 689. The van der Waals surface area contributed by atoms with Crippen LogP contribution in [0.4, 0.5) is 0 Å². The van der Waals surface area contributed by atoms with Crippen LogP contribution in [-0.4, -0.2) is 25.2 Å². The summed E-state index contributed by atoms with van der Waals surface area (Å²) in [5.41, 5.74) is 2.25. The Morgan fingerprint density at radius 3 is 3.00 bits per heavy atom. The van der Waals surface area contributed by atoms with E-state index in [0.717, 1.165) is 28.4 Å². The van der Waals surface area contributed by atoms with Gasteiger partial charge in [-0.2, -0.15) is 0 Å². The minimum atomic E-state index is 0.781. The molecule has 0 aliphatic rings. The standard InChI is InChI=1S/C13H13N5S/c1-2-18-13(15-16-17-18)19-9-11-6-3-5-10-7-4-8-14-12(10)11/h3-8H,2,9H2,1H3. The molecule has 0 saturated heterocycles. The van der Waals surface area contributed by atoms with E-state index in [-0.39, 0.29) is 0 Å². The second-order valence-electron chi connectivity index (χ2n) is 4.06. The van der Waals surface area contributed by atoms with Gasteiger partial charge in [-0.25, -0.2) is 4.68 Å². The first-order chi connectivity index (χ1) is 9.38. The Hall–Kier alpha value is -1.95. The van der Waals surface area contributed by atoms with Crippen molar-refractivity contribution in [2.45, 2.75) is 24.4 Å². The molecule has 5 nitrogen and oxygen atoms in total. The van der Waals surface area contributed by atoms with Gasteiger partial charge in [-0.3, -0.25) is 4.98 Å². The molecule has 0 unspecified atom stereocenters. The Balaban J connectivity index is 1.86. The molecular weight excluding hydrogens is 258 g/mol. The number of aromatic nitrogens is 5. The molecule has 0 fully saturated rings. The lowest BCUT2D eigenvalue weighted by Gasteiger charge is -2.05. The Labute approximate surface area is 115 Å². The first kappa shape index (κ1) is 12.1. The summed E-state index contributed by atoms with van der Waals surface area (Å²) in [5.74, 6) is 0.814. The van der Waals surface area contributed by atoms with Crippen molar-refractivity contribution < 1.29 is 0 Å². The van der Waals surface area contributed by atoms with E-state index in [1.165, 1.54) is 5.56 Å². The lowest BCUT2D eigenvalue weighted by molar-refractivity contribution is 0.581. The highest BCUT2D eigenvalue weighted by molar-refractivity contribution is 7.98. The molecule has 0 radical (unpaired) electrons. The van der Waals surface area contributed by atoms with E-state index in [0.29, 0.717) is 0 Å². The third-order valence-corrected chi connectivity index (χ3v) is 3.88. The van der Waals surface area contributed by atoms with Crippen molar-refractivity contribution in [2.24, 2.45) is 0 Å². The maximum atomic E-state index is 4.45. The molecule has 96 valence electrons. The van der Waals surface area contributed by atoms with Crippen LogP contribution in [0.2, 0.25) is 0 Å². The van der Waals surface area contributed by atoms with E-state index >= 15 is 0 Å². The zero-order valence-corrected chi connectivity index (χ0v) is 11.3. The highest BCUT2D eigenvalue weighted by Gasteiger charge is 2.07. The highest BCUT2D eigenvalue weighted by atomic mass is 32.2. The number of rotatable bonds is 4. The molecule has 3 rings (SSSR count). The molecule has 0 amide bonds. The number of para-hydroxylation sites is 1. The van der Waals surface area contributed by atoms with Crippen molar-refractivity contribution in [3.05, 3.63) is 42.1 Å². The van der Waals surface area contributed by atoms with Crippen LogP contribution in [0, 0.1) is 0 Å². The number of tetrazole rings is 1. The molecular formula is C13H13N5S. The van der Waals surface area contributed by atoms with Gasteiger partial charge >= 0.3 is 0 Å². The summed E-state index contributed by atoms with van der Waals surface area (Å²) in [6.07, 6.45) is 1.83. The van der Waals surface area contributed by atoms with Crippen LogP contribution < -0.4 is 0 Å². The van der Waals surface area contributed by atoms with Crippen molar-refractivity contribution in [2.75, 3.05) is 0 Å². The molecule has 0 N–H and O–H groups in total. The van der Waals surface area contributed by atoms with Crippen LogP contribution in [0.25, 0.3) is 10.9 Å². The van der Waals surface area contributed by atoms with Crippen molar-refractivity contribution in [1.29, 1.82) is 0 Å². The van der Waals surface area contributed by atoms with Gasteiger partial charge in [0.25, 0.3) is 0 Å². The van der Waals surface area contributed by atoms with Crippen LogP contribution >= 0.6 is 11.8 Å². The number of benzene rings is 1. The Kier molecular flexibility index (Phi) is 3.41. The van der Waals surface area contributed by atoms with Crippen molar-refractivity contribution in [3.8, 4) is 0 Å². The molecule has 2 heterocycles. The maximum Gasteiger partial charge on any atom is 0.209 e. The predicted molar refractivity (Wildman–Crippen MR) is 74.8 cm³/mol. The number of aryl methyl sites for hydroxylation is 1. The number of nitrogens with zero attached hydrogens (tertiary/aromatic N) is 5. The zero-order chi connectivity index (χ0) is 13.1. The van der Waals surface area contributed by atoms with Gasteiger partial charge in [0.15, 0.2) is 0 Å². The van der Waals surface area contributed by atoms with Gasteiger partial charge in [0.05, 0.1) is 5.52 Å². The summed E-state index contributed by atoms with van der Waals surface area (Å²) in [7, 11) is 0. The SMILES string of the molecule is CCn1nnnc1SCc1cccc2cccnc12. The fourth-order valence-electron chi connectivity index (χ4n) is 1.92. The van der Waals surface area contributed by atoms with Crippen molar-refractivity contribution >= 4 is 22.7 Å². The second-order valence-corrected chi connectivity index (χ2v) is 5.00. The number of thioether (sulfide) groups is 1. The minimum Gasteiger partial charge on any atom is -0.256 e. The summed E-state index contributed by atoms with van der Waals surface area (Å²) in [6, 6.07) is 10.3. The minimum absolute atomic E-state index is 0.781. The number of fused-ring (bicyclic) bond motifs is 1. The molecule has 3 aromatic rings. The van der Waals surface area contributed by atoms with Gasteiger partial charge < -0.3 is 0 Å². The lowest BCUT2D eigenvalue weighted by atomic mass is 10.1. The smallest absolute Gasteiger partial charge is 0.209 e. The van der Waals surface area contributed by atoms with Gasteiger partial charge in [0.2, 0.25) is 5.16 Å². The average molecular weight is 271 g/mol. The zero-order valence-electron chi connectivity index (χ0n) is 10.5. The van der Waals surface area contributed by atoms with Gasteiger partial charge in [0, 0.05) is 23.9 Å². The molecule has 0 aliphatic heterocycles. The Morgan fingerprint density at radius 2 is 2.11 bits per heavy atom. The van der Waals surface area contributed by atoms with Gasteiger partial charge in [-0.15, -0.1) is 5.10 Å². The number of pyridine rings is 1. The molecule has 2 aromatic heterocycles. The third-order valence-electron chi connectivity index (χ3n) is 2.87. The van der Waals surface area contributed by atoms with E-state index in [1.54, 1.807) is 16.4 Å². The molecule has 19 heavy (non-hydrogen) atoms. The normalized spacial score (nSPS) is 11.0. The van der Waals surface area contributed by atoms with Crippen LogP contribution in [-0.2, 0) is 12.3 Å². The molecule has 0 aliphatic carbocycles. The average Bonchev–Trinajstić information content (AvgIpc) is 2.92. The van der Waals surface area contributed by atoms with Gasteiger partial charge in [-0.05, 0) is 29.0 Å². The first-order valence-corrected chi connectivity index (χ1v) is 7.08. The molecule has 0 saturated carbocycles. The van der Waals surface area contributed by atoms with E-state index in [2.05, 4.69) is 44.8 Å². The fourth-order valence-corrected chi connectivity index (χ4v) is 2.85. The fraction of sp³-hybridized carbons (Fsp3) is 0.231. The van der Waals surface area contributed by atoms with E-state index in [1.807, 2.05) is 19.2 Å². The summed E-state index contributed by atoms with van der Waals surface area (Å²) >= 11 is 1.63. The maximum absolute atomic E-state index is 4.45. The third kappa shape index (κ3) is 2.44. The topological polar surface area (TPSA) is 56.5 Å². The molecule has 0 spiro atoms. The monoisotopic (exact) mass is 271 g/mol.